The maximum atomic E-state index is 12.0. The monoisotopic (exact) mass is 368 g/mol. The molecule has 0 radical (unpaired) electrons. The molecule has 1 aliphatic heterocycles. The molecule has 1 aromatic carbocycles. The molecule has 0 aromatic heterocycles. The van der Waals surface area contributed by atoms with Crippen LogP contribution in [0, 0.1) is 0 Å². The predicted octanol–water partition coefficient (Wildman–Crippen LogP) is 0.00990. The first kappa shape index (κ1) is 19.1. The zero-order valence-corrected chi connectivity index (χ0v) is 14.6. The molecule has 1 saturated heterocycles. The molecule has 1 amide bonds. The predicted molar refractivity (Wildman–Crippen MR) is 90.1 cm³/mol. The van der Waals surface area contributed by atoms with Crippen LogP contribution in [0.25, 0.3) is 6.08 Å². The van der Waals surface area contributed by atoms with Gasteiger partial charge in [-0.15, -0.1) is 0 Å². The lowest BCUT2D eigenvalue weighted by molar-refractivity contribution is -0.139. The molecule has 136 valence electrons. The Balaban J connectivity index is 1.98. The SMILES string of the molecule is COC(=O)CNS(=O)(=O)c1ccc(/C=C/C(=O)N2CCOCC2)cc1. The molecule has 2 rings (SSSR count). The first-order valence-electron chi connectivity index (χ1n) is 7.63. The van der Waals surface area contributed by atoms with E-state index in [4.69, 9.17) is 4.74 Å². The van der Waals surface area contributed by atoms with E-state index in [1.165, 1.54) is 25.3 Å². The number of ether oxygens (including phenoxy) is 2. The van der Waals surface area contributed by atoms with Gasteiger partial charge in [0.2, 0.25) is 15.9 Å². The third-order valence-electron chi connectivity index (χ3n) is 3.57. The summed E-state index contributed by atoms with van der Waals surface area (Å²) in [4.78, 5) is 24.7. The van der Waals surface area contributed by atoms with Crippen LogP contribution in [-0.2, 0) is 29.1 Å². The Morgan fingerprint density at radius 2 is 1.88 bits per heavy atom. The van der Waals surface area contributed by atoms with E-state index in [9.17, 15) is 18.0 Å². The summed E-state index contributed by atoms with van der Waals surface area (Å²) >= 11 is 0. The number of benzene rings is 1. The zero-order valence-electron chi connectivity index (χ0n) is 13.8. The van der Waals surface area contributed by atoms with Gasteiger partial charge in [0.15, 0.2) is 0 Å². The van der Waals surface area contributed by atoms with E-state index in [-0.39, 0.29) is 10.8 Å². The second kappa shape index (κ2) is 8.75. The van der Waals surface area contributed by atoms with Crippen LogP contribution in [0.3, 0.4) is 0 Å². The third-order valence-corrected chi connectivity index (χ3v) is 4.98. The summed E-state index contributed by atoms with van der Waals surface area (Å²) in [5.74, 6) is -0.788. The normalized spacial score (nSPS) is 15.3. The number of nitrogens with zero attached hydrogens (tertiary/aromatic N) is 1. The summed E-state index contributed by atoms with van der Waals surface area (Å²) in [6.45, 7) is 1.75. The molecular weight excluding hydrogens is 348 g/mol. The van der Waals surface area contributed by atoms with Crippen molar-refractivity contribution in [3.05, 3.63) is 35.9 Å². The van der Waals surface area contributed by atoms with Crippen LogP contribution in [-0.4, -0.2) is 65.2 Å². The number of sulfonamides is 1. The van der Waals surface area contributed by atoms with Gasteiger partial charge >= 0.3 is 5.97 Å². The van der Waals surface area contributed by atoms with Crippen molar-refractivity contribution in [3.8, 4) is 0 Å². The number of morpholine rings is 1. The highest BCUT2D eigenvalue weighted by molar-refractivity contribution is 7.89. The van der Waals surface area contributed by atoms with Gasteiger partial charge in [0, 0.05) is 19.2 Å². The van der Waals surface area contributed by atoms with E-state index in [1.54, 1.807) is 23.1 Å². The number of methoxy groups -OCH3 is 1. The van der Waals surface area contributed by atoms with E-state index in [1.807, 2.05) is 0 Å². The van der Waals surface area contributed by atoms with Crippen molar-refractivity contribution in [2.24, 2.45) is 0 Å². The fourth-order valence-electron chi connectivity index (χ4n) is 2.12. The van der Waals surface area contributed by atoms with E-state index in [2.05, 4.69) is 9.46 Å². The molecule has 25 heavy (non-hydrogen) atoms. The molecule has 0 aliphatic carbocycles. The summed E-state index contributed by atoms with van der Waals surface area (Å²) in [6, 6.07) is 5.96. The van der Waals surface area contributed by atoms with Crippen molar-refractivity contribution < 1.29 is 27.5 Å². The minimum atomic E-state index is -3.79. The van der Waals surface area contributed by atoms with Gasteiger partial charge in [-0.1, -0.05) is 12.1 Å². The van der Waals surface area contributed by atoms with Crippen LogP contribution in [0.15, 0.2) is 35.2 Å². The first-order valence-corrected chi connectivity index (χ1v) is 9.12. The van der Waals surface area contributed by atoms with E-state index in [0.29, 0.717) is 31.9 Å². The van der Waals surface area contributed by atoms with E-state index >= 15 is 0 Å². The van der Waals surface area contributed by atoms with E-state index in [0.717, 1.165) is 0 Å². The van der Waals surface area contributed by atoms with Crippen molar-refractivity contribution in [2.75, 3.05) is 40.0 Å². The number of hydrogen-bond donors (Lipinski definition) is 1. The molecule has 0 saturated carbocycles. The number of carbonyl (C=O) groups excluding carboxylic acids is 2. The van der Waals surface area contributed by atoms with Crippen molar-refractivity contribution in [1.82, 2.24) is 9.62 Å². The maximum absolute atomic E-state index is 12.0. The van der Waals surface area contributed by atoms with Gasteiger partial charge in [-0.3, -0.25) is 9.59 Å². The Bertz CT molecular complexity index is 736. The molecule has 1 N–H and O–H groups in total. The van der Waals surface area contributed by atoms with Crippen LogP contribution in [0.4, 0.5) is 0 Å². The second-order valence-corrected chi connectivity index (χ2v) is 7.01. The average molecular weight is 368 g/mol. The number of nitrogens with one attached hydrogen (secondary N) is 1. The van der Waals surface area contributed by atoms with Crippen molar-refractivity contribution >= 4 is 28.0 Å². The van der Waals surface area contributed by atoms with Gasteiger partial charge in [-0.25, -0.2) is 8.42 Å². The molecule has 1 aromatic rings. The minimum absolute atomic E-state index is 0.0214. The van der Waals surface area contributed by atoms with Crippen molar-refractivity contribution in [2.45, 2.75) is 4.90 Å². The maximum Gasteiger partial charge on any atom is 0.320 e. The number of rotatable bonds is 6. The molecule has 9 heteroatoms. The summed E-state index contributed by atoms with van der Waals surface area (Å²) in [7, 11) is -2.62. The van der Waals surface area contributed by atoms with Crippen LogP contribution < -0.4 is 4.72 Å². The molecule has 1 aliphatic rings. The highest BCUT2D eigenvalue weighted by atomic mass is 32.2. The number of hydrogen-bond acceptors (Lipinski definition) is 6. The second-order valence-electron chi connectivity index (χ2n) is 5.24. The average Bonchev–Trinajstić information content (AvgIpc) is 2.65. The Morgan fingerprint density at radius 3 is 2.48 bits per heavy atom. The van der Waals surface area contributed by atoms with Gasteiger partial charge in [0.05, 0.1) is 25.2 Å². The molecule has 8 nitrogen and oxygen atoms in total. The van der Waals surface area contributed by atoms with E-state index < -0.39 is 22.5 Å². The molecule has 0 unspecified atom stereocenters. The Morgan fingerprint density at radius 1 is 1.24 bits per heavy atom. The molecule has 0 spiro atoms. The first-order chi connectivity index (χ1) is 11.9. The molecule has 1 heterocycles. The van der Waals surface area contributed by atoms with Gasteiger partial charge < -0.3 is 14.4 Å². The Kier molecular flexibility index (Phi) is 6.68. The largest absolute Gasteiger partial charge is 0.468 e. The standard InChI is InChI=1S/C16H20N2O6S/c1-23-16(20)12-17-25(21,22)14-5-2-13(3-6-14)4-7-15(19)18-8-10-24-11-9-18/h2-7,17H,8-12H2,1H3/b7-4+. The molecule has 0 atom stereocenters. The topological polar surface area (TPSA) is 102 Å². The minimum Gasteiger partial charge on any atom is -0.468 e. The summed E-state index contributed by atoms with van der Waals surface area (Å²) in [6.07, 6.45) is 3.07. The van der Waals surface area contributed by atoms with Crippen LogP contribution >= 0.6 is 0 Å². The quantitative estimate of drug-likeness (QED) is 0.561. The number of carbonyl (C=O) groups is 2. The van der Waals surface area contributed by atoms with Crippen LogP contribution in [0.1, 0.15) is 5.56 Å². The Labute approximate surface area is 146 Å². The lowest BCUT2D eigenvalue weighted by Crippen LogP contribution is -2.39. The molecular formula is C16H20N2O6S. The van der Waals surface area contributed by atoms with Crippen LogP contribution in [0.5, 0.6) is 0 Å². The lowest BCUT2D eigenvalue weighted by atomic mass is 10.2. The lowest BCUT2D eigenvalue weighted by Gasteiger charge is -2.25. The van der Waals surface area contributed by atoms with Gasteiger partial charge in [0.25, 0.3) is 0 Å². The highest BCUT2D eigenvalue weighted by Gasteiger charge is 2.16. The molecule has 1 fully saturated rings. The summed E-state index contributed by atoms with van der Waals surface area (Å²) in [5.41, 5.74) is 0.688. The smallest absolute Gasteiger partial charge is 0.320 e. The fraction of sp³-hybridized carbons (Fsp3) is 0.375. The summed E-state index contributed by atoms with van der Waals surface area (Å²) < 4.78 is 35.8. The number of amides is 1. The third kappa shape index (κ3) is 5.66. The fourth-order valence-corrected chi connectivity index (χ4v) is 3.09. The van der Waals surface area contributed by atoms with Gasteiger partial charge in [-0.05, 0) is 23.8 Å². The Hall–Kier alpha value is -2.23. The van der Waals surface area contributed by atoms with Crippen molar-refractivity contribution in [3.63, 3.8) is 0 Å². The number of esters is 1. The van der Waals surface area contributed by atoms with Gasteiger partial charge in [0.1, 0.15) is 6.54 Å². The molecule has 0 bridgehead atoms. The zero-order chi connectivity index (χ0) is 18.3. The summed E-state index contributed by atoms with van der Waals surface area (Å²) in [5, 5.41) is 0. The van der Waals surface area contributed by atoms with Crippen LogP contribution in [0.2, 0.25) is 0 Å². The highest BCUT2D eigenvalue weighted by Crippen LogP contribution is 2.12. The van der Waals surface area contributed by atoms with Gasteiger partial charge in [-0.2, -0.15) is 4.72 Å². The van der Waals surface area contributed by atoms with Crippen molar-refractivity contribution in [1.29, 1.82) is 0 Å².